The summed E-state index contributed by atoms with van der Waals surface area (Å²) in [6.07, 6.45) is 0.698. The van der Waals surface area contributed by atoms with Gasteiger partial charge in [-0.25, -0.2) is 0 Å². The van der Waals surface area contributed by atoms with Crippen molar-refractivity contribution in [3.8, 4) is 0 Å². The molecule has 2 rings (SSSR count). The van der Waals surface area contributed by atoms with Crippen molar-refractivity contribution in [2.24, 2.45) is 0 Å². The van der Waals surface area contributed by atoms with E-state index in [9.17, 15) is 9.59 Å². The molecule has 2 aromatic rings. The number of carbonyl (C=O) groups is 2. The molecule has 0 aliphatic rings. The van der Waals surface area contributed by atoms with E-state index in [0.29, 0.717) is 23.0 Å². The molecule has 3 heteroatoms. The van der Waals surface area contributed by atoms with E-state index < -0.39 is 0 Å². The average Bonchev–Trinajstić information content (AvgIpc) is 2.38. The molecule has 0 saturated carbocycles. The van der Waals surface area contributed by atoms with Crippen LogP contribution in [0.1, 0.15) is 26.3 Å². The Kier molecular flexibility index (Phi) is 3.49. The van der Waals surface area contributed by atoms with Crippen LogP contribution in [0.25, 0.3) is 0 Å². The first kappa shape index (κ1) is 11.7. The fraction of sp³-hybridized carbons (Fsp3) is 0. The lowest BCUT2D eigenvalue weighted by atomic mass is 9.99. The number of ketones is 1. The van der Waals surface area contributed by atoms with Gasteiger partial charge in [-0.2, -0.15) is 0 Å². The second kappa shape index (κ2) is 5.06. The van der Waals surface area contributed by atoms with Crippen LogP contribution in [0.2, 0.25) is 0 Å². The number of benzene rings is 2. The van der Waals surface area contributed by atoms with Gasteiger partial charge in [-0.3, -0.25) is 9.59 Å². The van der Waals surface area contributed by atoms with Gasteiger partial charge in [-0.1, -0.05) is 52.3 Å². The van der Waals surface area contributed by atoms with Gasteiger partial charge in [-0.05, 0) is 12.1 Å². The first-order chi connectivity index (χ1) is 8.24. The first-order valence-electron chi connectivity index (χ1n) is 5.07. The van der Waals surface area contributed by atoms with Crippen LogP contribution in [-0.4, -0.2) is 12.1 Å². The molecule has 0 amide bonds. The Morgan fingerprint density at radius 1 is 0.941 bits per heavy atom. The van der Waals surface area contributed by atoms with Crippen molar-refractivity contribution >= 4 is 28.0 Å². The Balaban J connectivity index is 2.51. The molecule has 0 aromatic heterocycles. The lowest BCUT2D eigenvalue weighted by Gasteiger charge is -2.05. The smallest absolute Gasteiger partial charge is 0.194 e. The normalized spacial score (nSPS) is 9.94. The van der Waals surface area contributed by atoms with E-state index in [1.54, 1.807) is 42.5 Å². The van der Waals surface area contributed by atoms with Crippen molar-refractivity contribution in [2.75, 3.05) is 0 Å². The van der Waals surface area contributed by atoms with Crippen molar-refractivity contribution in [2.45, 2.75) is 0 Å². The van der Waals surface area contributed by atoms with E-state index in [-0.39, 0.29) is 5.78 Å². The summed E-state index contributed by atoms with van der Waals surface area (Å²) in [4.78, 5) is 23.1. The van der Waals surface area contributed by atoms with E-state index in [1.165, 1.54) is 0 Å². The Labute approximate surface area is 107 Å². The van der Waals surface area contributed by atoms with Gasteiger partial charge in [-0.15, -0.1) is 0 Å². The third-order valence-corrected chi connectivity index (χ3v) is 3.14. The molecule has 2 aromatic carbocycles. The molecule has 0 spiro atoms. The standard InChI is InChI=1S/C14H9BrO2/c15-13-8-4-3-7-12(13)14(17)11-6-2-1-5-10(11)9-16/h1-9H. The predicted octanol–water partition coefficient (Wildman–Crippen LogP) is 3.49. The van der Waals surface area contributed by atoms with Crippen molar-refractivity contribution in [3.05, 3.63) is 69.7 Å². The summed E-state index contributed by atoms with van der Waals surface area (Å²) < 4.78 is 0.728. The number of hydrogen-bond donors (Lipinski definition) is 0. The number of halogens is 1. The first-order valence-corrected chi connectivity index (χ1v) is 5.87. The Morgan fingerprint density at radius 3 is 2.18 bits per heavy atom. The quantitative estimate of drug-likeness (QED) is 0.640. The van der Waals surface area contributed by atoms with Gasteiger partial charge in [0, 0.05) is 21.2 Å². The maximum absolute atomic E-state index is 12.3. The average molecular weight is 289 g/mol. The second-order valence-electron chi connectivity index (χ2n) is 3.51. The lowest BCUT2D eigenvalue weighted by molar-refractivity contribution is 0.102. The van der Waals surface area contributed by atoms with Gasteiger partial charge in [0.2, 0.25) is 0 Å². The van der Waals surface area contributed by atoms with Crippen LogP contribution >= 0.6 is 15.9 Å². The highest BCUT2D eigenvalue weighted by molar-refractivity contribution is 9.10. The van der Waals surface area contributed by atoms with E-state index in [2.05, 4.69) is 15.9 Å². The highest BCUT2D eigenvalue weighted by Crippen LogP contribution is 2.20. The van der Waals surface area contributed by atoms with Crippen LogP contribution in [0, 0.1) is 0 Å². The predicted molar refractivity (Wildman–Crippen MR) is 69.4 cm³/mol. The molecule has 0 aliphatic carbocycles. The molecule has 0 fully saturated rings. The molecule has 0 unspecified atom stereocenters. The Morgan fingerprint density at radius 2 is 1.53 bits per heavy atom. The summed E-state index contributed by atoms with van der Waals surface area (Å²) in [6.45, 7) is 0. The van der Waals surface area contributed by atoms with Gasteiger partial charge < -0.3 is 0 Å². The topological polar surface area (TPSA) is 34.1 Å². The zero-order chi connectivity index (χ0) is 12.3. The minimum Gasteiger partial charge on any atom is -0.298 e. The Bertz CT molecular complexity index is 576. The summed E-state index contributed by atoms with van der Waals surface area (Å²) >= 11 is 3.33. The number of hydrogen-bond acceptors (Lipinski definition) is 2. The summed E-state index contributed by atoms with van der Waals surface area (Å²) in [6, 6.07) is 13.9. The van der Waals surface area contributed by atoms with Crippen molar-refractivity contribution < 1.29 is 9.59 Å². The van der Waals surface area contributed by atoms with E-state index >= 15 is 0 Å². The summed E-state index contributed by atoms with van der Waals surface area (Å²) in [5.41, 5.74) is 1.39. The minimum absolute atomic E-state index is 0.153. The highest BCUT2D eigenvalue weighted by Gasteiger charge is 2.14. The molecule has 0 aliphatic heterocycles. The van der Waals surface area contributed by atoms with Crippen LogP contribution in [0.4, 0.5) is 0 Å². The molecule has 0 N–H and O–H groups in total. The maximum Gasteiger partial charge on any atom is 0.194 e. The van der Waals surface area contributed by atoms with E-state index in [1.807, 2.05) is 6.07 Å². The molecule has 0 saturated heterocycles. The third kappa shape index (κ3) is 2.34. The SMILES string of the molecule is O=Cc1ccccc1C(=O)c1ccccc1Br. The third-order valence-electron chi connectivity index (χ3n) is 2.45. The summed E-state index contributed by atoms with van der Waals surface area (Å²) in [7, 11) is 0. The van der Waals surface area contributed by atoms with Crippen molar-refractivity contribution in [1.82, 2.24) is 0 Å². The molecule has 0 atom stereocenters. The van der Waals surface area contributed by atoms with Crippen LogP contribution in [0.15, 0.2) is 53.0 Å². The number of carbonyl (C=O) groups excluding carboxylic acids is 2. The van der Waals surface area contributed by atoms with E-state index in [4.69, 9.17) is 0 Å². The highest BCUT2D eigenvalue weighted by atomic mass is 79.9. The number of aldehydes is 1. The maximum atomic E-state index is 12.3. The zero-order valence-electron chi connectivity index (χ0n) is 8.89. The van der Waals surface area contributed by atoms with Gasteiger partial charge in [0.05, 0.1) is 0 Å². The zero-order valence-corrected chi connectivity index (χ0v) is 10.5. The van der Waals surface area contributed by atoms with Crippen molar-refractivity contribution in [1.29, 1.82) is 0 Å². The van der Waals surface area contributed by atoms with Gasteiger partial charge in [0.15, 0.2) is 12.1 Å². The molecule has 84 valence electrons. The second-order valence-corrected chi connectivity index (χ2v) is 4.37. The Hall–Kier alpha value is -1.74. The fourth-order valence-corrected chi connectivity index (χ4v) is 2.06. The van der Waals surface area contributed by atoms with Crippen LogP contribution in [0.5, 0.6) is 0 Å². The van der Waals surface area contributed by atoms with Crippen LogP contribution in [-0.2, 0) is 0 Å². The lowest BCUT2D eigenvalue weighted by Crippen LogP contribution is -2.05. The van der Waals surface area contributed by atoms with Gasteiger partial charge in [0.25, 0.3) is 0 Å². The molecule has 0 bridgehead atoms. The van der Waals surface area contributed by atoms with Gasteiger partial charge >= 0.3 is 0 Å². The molecular weight excluding hydrogens is 280 g/mol. The largest absolute Gasteiger partial charge is 0.298 e. The summed E-state index contributed by atoms with van der Waals surface area (Å²) in [5.74, 6) is -0.153. The molecule has 0 radical (unpaired) electrons. The summed E-state index contributed by atoms with van der Waals surface area (Å²) in [5, 5.41) is 0. The van der Waals surface area contributed by atoms with Gasteiger partial charge in [0.1, 0.15) is 0 Å². The molecular formula is C14H9BrO2. The molecule has 17 heavy (non-hydrogen) atoms. The number of rotatable bonds is 3. The van der Waals surface area contributed by atoms with E-state index in [0.717, 1.165) is 4.47 Å². The van der Waals surface area contributed by atoms with Crippen LogP contribution in [0.3, 0.4) is 0 Å². The monoisotopic (exact) mass is 288 g/mol. The molecule has 2 nitrogen and oxygen atoms in total. The van der Waals surface area contributed by atoms with Crippen LogP contribution < -0.4 is 0 Å². The van der Waals surface area contributed by atoms with Crippen molar-refractivity contribution in [3.63, 3.8) is 0 Å². The molecule has 0 heterocycles. The minimum atomic E-state index is -0.153. The fourth-order valence-electron chi connectivity index (χ4n) is 1.60.